The van der Waals surface area contributed by atoms with Gasteiger partial charge in [-0.1, -0.05) is 12.8 Å². The first-order valence-corrected chi connectivity index (χ1v) is 7.38. The number of hydrogen-bond donors (Lipinski definition) is 2. The molecule has 0 aromatic heterocycles. The van der Waals surface area contributed by atoms with Gasteiger partial charge in [0.25, 0.3) is 0 Å². The summed E-state index contributed by atoms with van der Waals surface area (Å²) in [7, 11) is 0. The monoisotopic (exact) mass is 282 g/mol. The first-order chi connectivity index (χ1) is 9.65. The molecule has 1 aliphatic carbocycles. The Kier molecular flexibility index (Phi) is 5.11. The van der Waals surface area contributed by atoms with Crippen molar-refractivity contribution in [1.29, 1.82) is 0 Å². The Hall–Kier alpha value is -1.43. The van der Waals surface area contributed by atoms with Crippen LogP contribution in [0.2, 0.25) is 0 Å². The molecule has 2 rings (SSSR count). The summed E-state index contributed by atoms with van der Waals surface area (Å²) < 4.78 is 0. The molecule has 1 aliphatic heterocycles. The number of imide groups is 1. The van der Waals surface area contributed by atoms with Crippen LogP contribution in [-0.2, 0) is 14.4 Å². The van der Waals surface area contributed by atoms with Gasteiger partial charge in [-0.25, -0.2) is 0 Å². The lowest BCUT2D eigenvalue weighted by Gasteiger charge is -2.19. The molecule has 6 nitrogen and oxygen atoms in total. The highest BCUT2D eigenvalue weighted by Gasteiger charge is 2.47. The molecule has 0 radical (unpaired) electrons. The van der Waals surface area contributed by atoms with E-state index < -0.39 is 0 Å². The van der Waals surface area contributed by atoms with Gasteiger partial charge in [0, 0.05) is 26.1 Å². The standard InChI is InChI=1S/C14H22N2O4/c17-9-3-7-15-12(18)6-8-16-13(19)10-4-1-2-5-11(10)14(16)20/h10-11,17H,1-9H2,(H,15,18). The molecular formula is C14H22N2O4. The Labute approximate surface area is 118 Å². The smallest absolute Gasteiger partial charge is 0.233 e. The SMILES string of the molecule is O=C(CCN1C(=O)C2CCCCC2C1=O)NCCCO. The van der Waals surface area contributed by atoms with E-state index in [2.05, 4.69) is 5.32 Å². The molecule has 1 saturated heterocycles. The first-order valence-electron chi connectivity index (χ1n) is 7.38. The topological polar surface area (TPSA) is 86.7 Å². The Morgan fingerprint density at radius 3 is 2.35 bits per heavy atom. The highest BCUT2D eigenvalue weighted by Crippen LogP contribution is 2.37. The van der Waals surface area contributed by atoms with Gasteiger partial charge in [-0.15, -0.1) is 0 Å². The molecule has 2 aliphatic rings. The van der Waals surface area contributed by atoms with Gasteiger partial charge in [-0.2, -0.15) is 0 Å². The number of carbonyl (C=O) groups excluding carboxylic acids is 3. The fraction of sp³-hybridized carbons (Fsp3) is 0.786. The predicted octanol–water partition coefficient (Wildman–Crippen LogP) is 0.0503. The van der Waals surface area contributed by atoms with Crippen LogP contribution in [0.25, 0.3) is 0 Å². The summed E-state index contributed by atoms with van der Waals surface area (Å²) in [5, 5.41) is 11.3. The van der Waals surface area contributed by atoms with E-state index in [1.165, 1.54) is 4.90 Å². The van der Waals surface area contributed by atoms with E-state index in [4.69, 9.17) is 5.11 Å². The van der Waals surface area contributed by atoms with E-state index >= 15 is 0 Å². The molecule has 1 heterocycles. The minimum atomic E-state index is -0.186. The third-order valence-electron chi connectivity index (χ3n) is 4.15. The summed E-state index contributed by atoms with van der Waals surface area (Å²) in [4.78, 5) is 37.2. The van der Waals surface area contributed by atoms with Crippen LogP contribution in [0.1, 0.15) is 38.5 Å². The summed E-state index contributed by atoms with van der Waals surface area (Å²) in [6, 6.07) is 0. The van der Waals surface area contributed by atoms with Gasteiger partial charge >= 0.3 is 0 Å². The van der Waals surface area contributed by atoms with Crippen LogP contribution in [0.4, 0.5) is 0 Å². The highest BCUT2D eigenvalue weighted by molar-refractivity contribution is 6.05. The zero-order valence-corrected chi connectivity index (χ0v) is 11.6. The number of aliphatic hydroxyl groups is 1. The molecule has 112 valence electrons. The summed E-state index contributed by atoms with van der Waals surface area (Å²) in [5.74, 6) is -0.665. The minimum Gasteiger partial charge on any atom is -0.396 e. The molecule has 2 N–H and O–H groups in total. The number of carbonyl (C=O) groups is 3. The van der Waals surface area contributed by atoms with Crippen LogP contribution >= 0.6 is 0 Å². The normalized spacial score (nSPS) is 25.8. The van der Waals surface area contributed by atoms with Crippen molar-refractivity contribution in [2.75, 3.05) is 19.7 Å². The Morgan fingerprint density at radius 1 is 1.20 bits per heavy atom. The molecule has 0 bridgehead atoms. The summed E-state index contributed by atoms with van der Waals surface area (Å²) in [5.41, 5.74) is 0. The van der Waals surface area contributed by atoms with Crippen molar-refractivity contribution in [2.24, 2.45) is 11.8 Å². The second-order valence-corrected chi connectivity index (χ2v) is 5.50. The number of aliphatic hydroxyl groups excluding tert-OH is 1. The number of nitrogens with one attached hydrogen (secondary N) is 1. The van der Waals surface area contributed by atoms with E-state index in [0.29, 0.717) is 13.0 Å². The van der Waals surface area contributed by atoms with E-state index in [1.54, 1.807) is 0 Å². The number of nitrogens with zero attached hydrogens (tertiary/aromatic N) is 1. The van der Waals surface area contributed by atoms with Gasteiger partial charge in [0.15, 0.2) is 0 Å². The van der Waals surface area contributed by atoms with E-state index in [-0.39, 0.29) is 49.1 Å². The van der Waals surface area contributed by atoms with Crippen molar-refractivity contribution in [2.45, 2.75) is 38.5 Å². The second kappa shape index (κ2) is 6.83. The maximum atomic E-state index is 12.2. The quantitative estimate of drug-likeness (QED) is 0.532. The Bertz CT molecular complexity index is 373. The van der Waals surface area contributed by atoms with Crippen molar-refractivity contribution in [3.63, 3.8) is 0 Å². The average Bonchev–Trinajstić information content (AvgIpc) is 2.70. The molecular weight excluding hydrogens is 260 g/mol. The number of amides is 3. The number of hydrogen-bond acceptors (Lipinski definition) is 4. The molecule has 0 aromatic carbocycles. The molecule has 2 atom stereocenters. The van der Waals surface area contributed by atoms with Gasteiger partial charge < -0.3 is 10.4 Å². The van der Waals surface area contributed by atoms with Crippen LogP contribution in [-0.4, -0.2) is 47.4 Å². The van der Waals surface area contributed by atoms with Crippen molar-refractivity contribution in [3.8, 4) is 0 Å². The van der Waals surface area contributed by atoms with Crippen molar-refractivity contribution in [1.82, 2.24) is 10.2 Å². The van der Waals surface area contributed by atoms with Crippen LogP contribution in [0.3, 0.4) is 0 Å². The van der Waals surface area contributed by atoms with Crippen LogP contribution in [0.15, 0.2) is 0 Å². The van der Waals surface area contributed by atoms with Crippen molar-refractivity contribution < 1.29 is 19.5 Å². The fourth-order valence-corrected chi connectivity index (χ4v) is 3.06. The number of rotatable bonds is 6. The van der Waals surface area contributed by atoms with Crippen LogP contribution in [0.5, 0.6) is 0 Å². The maximum Gasteiger partial charge on any atom is 0.233 e. The predicted molar refractivity (Wildman–Crippen MR) is 71.5 cm³/mol. The fourth-order valence-electron chi connectivity index (χ4n) is 3.06. The van der Waals surface area contributed by atoms with Crippen molar-refractivity contribution >= 4 is 17.7 Å². The lowest BCUT2D eigenvalue weighted by Crippen LogP contribution is -2.35. The summed E-state index contributed by atoms with van der Waals surface area (Å²) in [6.45, 7) is 0.630. The van der Waals surface area contributed by atoms with E-state index in [9.17, 15) is 14.4 Å². The Balaban J connectivity index is 1.82. The third kappa shape index (κ3) is 3.17. The first kappa shape index (κ1) is 15.0. The number of fused-ring (bicyclic) bond motifs is 1. The van der Waals surface area contributed by atoms with Crippen molar-refractivity contribution in [3.05, 3.63) is 0 Å². The largest absolute Gasteiger partial charge is 0.396 e. The van der Waals surface area contributed by atoms with E-state index in [0.717, 1.165) is 25.7 Å². The second-order valence-electron chi connectivity index (χ2n) is 5.50. The van der Waals surface area contributed by atoms with Crippen LogP contribution in [0, 0.1) is 11.8 Å². The zero-order valence-electron chi connectivity index (χ0n) is 11.6. The molecule has 0 aromatic rings. The molecule has 0 spiro atoms. The molecule has 6 heteroatoms. The highest BCUT2D eigenvalue weighted by atomic mass is 16.3. The average molecular weight is 282 g/mol. The Morgan fingerprint density at radius 2 is 1.80 bits per heavy atom. The molecule has 2 unspecified atom stereocenters. The van der Waals surface area contributed by atoms with E-state index in [1.807, 2.05) is 0 Å². The van der Waals surface area contributed by atoms with Gasteiger partial charge in [-0.3, -0.25) is 19.3 Å². The van der Waals surface area contributed by atoms with Gasteiger partial charge in [0.1, 0.15) is 0 Å². The number of likely N-dealkylation sites (tertiary alicyclic amines) is 1. The minimum absolute atomic E-state index is 0.0345. The zero-order chi connectivity index (χ0) is 14.5. The summed E-state index contributed by atoms with van der Waals surface area (Å²) >= 11 is 0. The molecule has 3 amide bonds. The molecule has 20 heavy (non-hydrogen) atoms. The lowest BCUT2D eigenvalue weighted by molar-refractivity contribution is -0.140. The van der Waals surface area contributed by atoms with Crippen LogP contribution < -0.4 is 5.32 Å². The molecule has 2 fully saturated rings. The van der Waals surface area contributed by atoms with Gasteiger partial charge in [0.2, 0.25) is 17.7 Å². The third-order valence-corrected chi connectivity index (χ3v) is 4.15. The summed E-state index contributed by atoms with van der Waals surface area (Å²) in [6.07, 6.45) is 4.27. The lowest BCUT2D eigenvalue weighted by atomic mass is 9.81. The maximum absolute atomic E-state index is 12.2. The van der Waals surface area contributed by atoms with Gasteiger partial charge in [0.05, 0.1) is 11.8 Å². The molecule has 1 saturated carbocycles. The van der Waals surface area contributed by atoms with Gasteiger partial charge in [-0.05, 0) is 19.3 Å².